The van der Waals surface area contributed by atoms with Gasteiger partial charge in [0.2, 0.25) is 0 Å². The lowest BCUT2D eigenvalue weighted by Gasteiger charge is -2.21. The lowest BCUT2D eigenvalue weighted by atomic mass is 10.1. The summed E-state index contributed by atoms with van der Waals surface area (Å²) in [5.41, 5.74) is -0.824. The van der Waals surface area contributed by atoms with E-state index in [1.165, 1.54) is 12.1 Å². The monoisotopic (exact) mass is 309 g/mol. The molecule has 1 rings (SSSR count). The van der Waals surface area contributed by atoms with Crippen molar-refractivity contribution >= 4 is 11.6 Å². The minimum atomic E-state index is -4.47. The maximum Gasteiger partial charge on any atom is 0.420 e. The third kappa shape index (κ3) is 5.21. The number of benzene rings is 1. The molecule has 0 heterocycles. The van der Waals surface area contributed by atoms with Crippen LogP contribution in [0.2, 0.25) is 5.02 Å². The van der Waals surface area contributed by atoms with Gasteiger partial charge in [-0.15, -0.1) is 0 Å². The van der Waals surface area contributed by atoms with Crippen LogP contribution in [0.1, 0.15) is 31.7 Å². The zero-order valence-corrected chi connectivity index (χ0v) is 12.3. The van der Waals surface area contributed by atoms with Gasteiger partial charge in [0.15, 0.2) is 0 Å². The molecular weight excluding hydrogens is 291 g/mol. The standard InChI is InChI=1S/C14H19ClF3NO/c1-3-4-11(7-8-19-2)20-13-6-5-10(15)9-12(13)14(16,17)18/h5-6,9,11,19H,3-4,7-8H2,1-2H3. The van der Waals surface area contributed by atoms with Crippen LogP contribution in [0.25, 0.3) is 0 Å². The predicted molar refractivity (Wildman–Crippen MR) is 74.3 cm³/mol. The Morgan fingerprint density at radius 2 is 2.00 bits per heavy atom. The maximum atomic E-state index is 13.0. The van der Waals surface area contributed by atoms with Crippen LogP contribution >= 0.6 is 11.6 Å². The summed E-state index contributed by atoms with van der Waals surface area (Å²) in [6.45, 7) is 2.67. The summed E-state index contributed by atoms with van der Waals surface area (Å²) in [4.78, 5) is 0. The lowest BCUT2D eigenvalue weighted by Crippen LogP contribution is -2.23. The molecule has 0 saturated heterocycles. The van der Waals surface area contributed by atoms with E-state index in [9.17, 15) is 13.2 Å². The number of hydrogen-bond donors (Lipinski definition) is 1. The van der Waals surface area contributed by atoms with Gasteiger partial charge in [0.05, 0.1) is 11.7 Å². The van der Waals surface area contributed by atoms with Crippen LogP contribution in [-0.4, -0.2) is 19.7 Å². The Hall–Kier alpha value is -0.940. The molecule has 1 N–H and O–H groups in total. The highest BCUT2D eigenvalue weighted by molar-refractivity contribution is 6.30. The Morgan fingerprint density at radius 3 is 2.55 bits per heavy atom. The van der Waals surface area contributed by atoms with Gasteiger partial charge in [-0.25, -0.2) is 0 Å². The van der Waals surface area contributed by atoms with Gasteiger partial charge >= 0.3 is 6.18 Å². The molecule has 114 valence electrons. The highest BCUT2D eigenvalue weighted by atomic mass is 35.5. The van der Waals surface area contributed by atoms with Gasteiger partial charge in [0.25, 0.3) is 0 Å². The lowest BCUT2D eigenvalue weighted by molar-refractivity contribution is -0.139. The van der Waals surface area contributed by atoms with Crippen LogP contribution in [0.4, 0.5) is 13.2 Å². The van der Waals surface area contributed by atoms with Gasteiger partial charge in [-0.3, -0.25) is 0 Å². The molecule has 0 aromatic heterocycles. The molecule has 0 amide bonds. The second kappa shape index (κ2) is 7.74. The minimum absolute atomic E-state index is 0.0481. The van der Waals surface area contributed by atoms with E-state index in [0.29, 0.717) is 19.4 Å². The molecule has 6 heteroatoms. The van der Waals surface area contributed by atoms with Crippen molar-refractivity contribution < 1.29 is 17.9 Å². The summed E-state index contributed by atoms with van der Waals surface area (Å²) < 4.78 is 44.4. The van der Waals surface area contributed by atoms with E-state index in [1.54, 1.807) is 7.05 Å². The molecule has 1 unspecified atom stereocenters. The van der Waals surface area contributed by atoms with Crippen molar-refractivity contribution in [3.8, 4) is 5.75 Å². The highest BCUT2D eigenvalue weighted by Gasteiger charge is 2.35. The van der Waals surface area contributed by atoms with E-state index >= 15 is 0 Å². The second-order valence-electron chi connectivity index (χ2n) is 4.56. The first-order chi connectivity index (χ1) is 9.38. The fraction of sp³-hybridized carbons (Fsp3) is 0.571. The molecule has 0 saturated carbocycles. The van der Waals surface area contributed by atoms with E-state index in [4.69, 9.17) is 16.3 Å². The predicted octanol–water partition coefficient (Wildman–Crippen LogP) is 4.52. The summed E-state index contributed by atoms with van der Waals surface area (Å²) in [6.07, 6.45) is -2.50. The van der Waals surface area contributed by atoms with Crippen LogP contribution in [0, 0.1) is 0 Å². The van der Waals surface area contributed by atoms with Crippen molar-refractivity contribution in [3.05, 3.63) is 28.8 Å². The molecular formula is C14H19ClF3NO. The van der Waals surface area contributed by atoms with Crippen molar-refractivity contribution in [3.63, 3.8) is 0 Å². The number of halogens is 4. The normalized spacial score (nSPS) is 13.3. The second-order valence-corrected chi connectivity index (χ2v) is 5.00. The topological polar surface area (TPSA) is 21.3 Å². The van der Waals surface area contributed by atoms with Crippen LogP contribution < -0.4 is 10.1 Å². The van der Waals surface area contributed by atoms with Crippen molar-refractivity contribution in [1.29, 1.82) is 0 Å². The summed E-state index contributed by atoms with van der Waals surface area (Å²) >= 11 is 5.64. The first-order valence-electron chi connectivity index (χ1n) is 6.56. The first kappa shape index (κ1) is 17.1. The van der Waals surface area contributed by atoms with Gasteiger partial charge in [-0.1, -0.05) is 24.9 Å². The van der Waals surface area contributed by atoms with Crippen molar-refractivity contribution in [1.82, 2.24) is 5.32 Å². The van der Waals surface area contributed by atoms with Crippen molar-refractivity contribution in [2.45, 2.75) is 38.5 Å². The number of hydrogen-bond acceptors (Lipinski definition) is 2. The van der Waals surface area contributed by atoms with Gasteiger partial charge in [-0.2, -0.15) is 13.2 Å². The number of ether oxygens (including phenoxy) is 1. The molecule has 0 aliphatic rings. The van der Waals surface area contributed by atoms with Gasteiger partial charge < -0.3 is 10.1 Å². The van der Waals surface area contributed by atoms with Crippen molar-refractivity contribution in [2.24, 2.45) is 0 Å². The molecule has 0 bridgehead atoms. The molecule has 2 nitrogen and oxygen atoms in total. The van der Waals surface area contributed by atoms with E-state index < -0.39 is 11.7 Å². The quantitative estimate of drug-likeness (QED) is 0.800. The molecule has 20 heavy (non-hydrogen) atoms. The molecule has 0 spiro atoms. The summed E-state index contributed by atoms with van der Waals surface area (Å²) in [5.74, 6) is -0.156. The smallest absolute Gasteiger partial charge is 0.420 e. The maximum absolute atomic E-state index is 13.0. The summed E-state index contributed by atoms with van der Waals surface area (Å²) in [6, 6.07) is 3.60. The Bertz CT molecular complexity index is 423. The van der Waals surface area contributed by atoms with E-state index in [-0.39, 0.29) is 16.9 Å². The van der Waals surface area contributed by atoms with E-state index in [2.05, 4.69) is 5.32 Å². The SMILES string of the molecule is CCCC(CCNC)Oc1ccc(Cl)cc1C(F)(F)F. The van der Waals surface area contributed by atoms with E-state index in [0.717, 1.165) is 12.5 Å². The molecule has 0 aliphatic carbocycles. The Kier molecular flexibility index (Phi) is 6.62. The summed E-state index contributed by atoms with van der Waals surface area (Å²) in [7, 11) is 1.80. The first-order valence-corrected chi connectivity index (χ1v) is 6.94. The fourth-order valence-electron chi connectivity index (χ4n) is 1.90. The molecule has 1 aromatic carbocycles. The van der Waals surface area contributed by atoms with Crippen LogP contribution in [0.3, 0.4) is 0 Å². The van der Waals surface area contributed by atoms with Gasteiger partial charge in [0.1, 0.15) is 5.75 Å². The van der Waals surface area contributed by atoms with Gasteiger partial charge in [0, 0.05) is 5.02 Å². The Balaban J connectivity index is 2.93. The third-order valence-corrected chi connectivity index (χ3v) is 3.10. The molecule has 0 fully saturated rings. The zero-order valence-electron chi connectivity index (χ0n) is 11.6. The number of alkyl halides is 3. The molecule has 1 aromatic rings. The molecule has 0 radical (unpaired) electrons. The number of rotatable bonds is 7. The summed E-state index contributed by atoms with van der Waals surface area (Å²) in [5, 5.41) is 3.02. The van der Waals surface area contributed by atoms with Crippen LogP contribution in [-0.2, 0) is 6.18 Å². The van der Waals surface area contributed by atoms with Crippen molar-refractivity contribution in [2.75, 3.05) is 13.6 Å². The average molecular weight is 310 g/mol. The molecule has 0 aliphatic heterocycles. The highest BCUT2D eigenvalue weighted by Crippen LogP contribution is 2.38. The molecule has 1 atom stereocenters. The third-order valence-electron chi connectivity index (χ3n) is 2.87. The number of nitrogens with one attached hydrogen (secondary N) is 1. The van der Waals surface area contributed by atoms with E-state index in [1.807, 2.05) is 6.92 Å². The minimum Gasteiger partial charge on any atom is -0.490 e. The van der Waals surface area contributed by atoms with Gasteiger partial charge in [-0.05, 0) is 44.6 Å². The Morgan fingerprint density at radius 1 is 1.30 bits per heavy atom. The average Bonchev–Trinajstić information content (AvgIpc) is 2.37. The van der Waals surface area contributed by atoms with Crippen LogP contribution in [0.5, 0.6) is 5.75 Å². The largest absolute Gasteiger partial charge is 0.490 e. The fourth-order valence-corrected chi connectivity index (χ4v) is 2.07. The Labute approximate surface area is 122 Å². The zero-order chi connectivity index (χ0) is 15.2. The van der Waals surface area contributed by atoms with Crippen LogP contribution in [0.15, 0.2) is 18.2 Å².